The van der Waals surface area contributed by atoms with Gasteiger partial charge in [0, 0.05) is 17.8 Å². The van der Waals surface area contributed by atoms with Gasteiger partial charge in [-0.05, 0) is 0 Å². The van der Waals surface area contributed by atoms with Gasteiger partial charge < -0.3 is 5.73 Å². The number of hydrogen-bond donors (Lipinski definition) is 1. The fourth-order valence-corrected chi connectivity index (χ4v) is 0.984. The minimum absolute atomic E-state index is 0.595. The summed E-state index contributed by atoms with van der Waals surface area (Å²) in [5, 5.41) is 0. The lowest BCUT2D eigenvalue weighted by atomic mass is 10.8. The molecule has 0 radical (unpaired) electrons. The Labute approximate surface area is 63.2 Å². The molecule has 0 saturated heterocycles. The topological polar surface area (TPSA) is 26.0 Å². The summed E-state index contributed by atoms with van der Waals surface area (Å²) in [7, 11) is 0. The maximum Gasteiger partial charge on any atom is 0.0848 e. The van der Waals surface area contributed by atoms with Crippen LogP contribution in [0.2, 0.25) is 0 Å². The first-order valence-electron chi connectivity index (χ1n) is 2.10. The molecular formula is C4H7Cl2NS. The Morgan fingerprint density at radius 1 is 1.75 bits per heavy atom. The zero-order chi connectivity index (χ0) is 6.41. The maximum absolute atomic E-state index is 5.48. The predicted molar refractivity (Wildman–Crippen MR) is 41.3 cm³/mol. The van der Waals surface area contributed by atoms with Gasteiger partial charge >= 0.3 is 0 Å². The summed E-state index contributed by atoms with van der Waals surface area (Å²) in [6.45, 7) is 0.631. The van der Waals surface area contributed by atoms with Gasteiger partial charge in [0.1, 0.15) is 0 Å². The lowest BCUT2D eigenvalue weighted by Crippen LogP contribution is -2.00. The minimum atomic E-state index is 0.595. The summed E-state index contributed by atoms with van der Waals surface area (Å²) >= 11 is 12.2. The summed E-state index contributed by atoms with van der Waals surface area (Å²) in [6.07, 6.45) is 0. The molecule has 8 heavy (non-hydrogen) atoms. The van der Waals surface area contributed by atoms with Crippen molar-refractivity contribution in [3.05, 3.63) is 9.90 Å². The van der Waals surface area contributed by atoms with Gasteiger partial charge in [0.2, 0.25) is 0 Å². The predicted octanol–water partition coefficient (Wildman–Crippen LogP) is 1.95. The Kier molecular flexibility index (Phi) is 6.21. The molecule has 4 heteroatoms. The molecule has 1 nitrogen and oxygen atoms in total. The number of rotatable bonds is 3. The van der Waals surface area contributed by atoms with E-state index in [2.05, 4.69) is 0 Å². The van der Waals surface area contributed by atoms with Gasteiger partial charge in [-0.25, -0.2) is 0 Å². The summed E-state index contributed by atoms with van der Waals surface area (Å²) in [5.74, 6) is 0.821. The fraction of sp³-hybridized carbons (Fsp3) is 0.500. The summed E-state index contributed by atoms with van der Waals surface area (Å²) in [4.78, 5) is 0. The van der Waals surface area contributed by atoms with Crippen molar-refractivity contribution >= 4 is 35.0 Å². The Hall–Kier alpha value is 0.630. The van der Waals surface area contributed by atoms with Gasteiger partial charge in [0.05, 0.1) is 4.36 Å². The van der Waals surface area contributed by atoms with Crippen LogP contribution < -0.4 is 5.73 Å². The van der Waals surface area contributed by atoms with Crippen LogP contribution >= 0.6 is 35.0 Å². The fourth-order valence-electron chi connectivity index (χ4n) is 0.188. The second kappa shape index (κ2) is 5.76. The monoisotopic (exact) mass is 171 g/mol. The van der Waals surface area contributed by atoms with E-state index in [-0.39, 0.29) is 0 Å². The Morgan fingerprint density at radius 3 is 2.75 bits per heavy atom. The van der Waals surface area contributed by atoms with E-state index in [1.54, 1.807) is 0 Å². The van der Waals surface area contributed by atoms with E-state index in [1.165, 1.54) is 17.3 Å². The van der Waals surface area contributed by atoms with Gasteiger partial charge in [-0.15, -0.1) is 11.8 Å². The van der Waals surface area contributed by atoms with Crippen LogP contribution in [0.1, 0.15) is 0 Å². The van der Waals surface area contributed by atoms with Crippen LogP contribution in [0.25, 0.3) is 0 Å². The van der Waals surface area contributed by atoms with Crippen LogP contribution in [0.3, 0.4) is 0 Å². The third-order valence-electron chi connectivity index (χ3n) is 0.444. The van der Waals surface area contributed by atoms with E-state index in [0.29, 0.717) is 10.9 Å². The van der Waals surface area contributed by atoms with Gasteiger partial charge in [0.15, 0.2) is 0 Å². The normalized spacial score (nSPS) is 12.1. The van der Waals surface area contributed by atoms with E-state index < -0.39 is 0 Å². The zero-order valence-electron chi connectivity index (χ0n) is 4.23. The summed E-state index contributed by atoms with van der Waals surface area (Å²) in [6, 6.07) is 0. The van der Waals surface area contributed by atoms with Crippen molar-refractivity contribution in [3.63, 3.8) is 0 Å². The molecule has 0 aromatic carbocycles. The van der Waals surface area contributed by atoms with Crippen LogP contribution in [0.15, 0.2) is 9.90 Å². The van der Waals surface area contributed by atoms with E-state index in [0.717, 1.165) is 5.75 Å². The molecule has 0 unspecified atom stereocenters. The largest absolute Gasteiger partial charge is 0.330 e. The Balaban J connectivity index is 3.12. The van der Waals surface area contributed by atoms with Crippen molar-refractivity contribution in [1.29, 1.82) is 0 Å². The standard InChI is InChI=1S/C4H7Cl2NS/c5-3-4(6)8-2-1-7/h3H,1-2,7H2. The molecule has 0 aromatic rings. The van der Waals surface area contributed by atoms with Crippen LogP contribution in [0, 0.1) is 0 Å². The van der Waals surface area contributed by atoms with Gasteiger partial charge in [-0.2, -0.15) is 0 Å². The highest BCUT2D eigenvalue weighted by atomic mass is 35.5. The Morgan fingerprint density at radius 2 is 2.38 bits per heavy atom. The van der Waals surface area contributed by atoms with Gasteiger partial charge in [-0.3, -0.25) is 0 Å². The van der Waals surface area contributed by atoms with E-state index >= 15 is 0 Å². The molecular weight excluding hydrogens is 165 g/mol. The number of nitrogens with two attached hydrogens (primary N) is 1. The molecule has 48 valence electrons. The number of thioether (sulfide) groups is 1. The molecule has 0 aliphatic heterocycles. The lowest BCUT2D eigenvalue weighted by Gasteiger charge is -1.91. The molecule has 0 spiro atoms. The van der Waals surface area contributed by atoms with Crippen molar-refractivity contribution in [2.75, 3.05) is 12.3 Å². The van der Waals surface area contributed by atoms with E-state index in [4.69, 9.17) is 28.9 Å². The first kappa shape index (κ1) is 8.63. The third kappa shape index (κ3) is 4.78. The molecule has 0 aromatic heterocycles. The van der Waals surface area contributed by atoms with Gasteiger partial charge in [-0.1, -0.05) is 23.2 Å². The van der Waals surface area contributed by atoms with Crippen molar-refractivity contribution in [1.82, 2.24) is 0 Å². The van der Waals surface area contributed by atoms with Gasteiger partial charge in [0.25, 0.3) is 0 Å². The average Bonchev–Trinajstić information content (AvgIpc) is 1.83. The zero-order valence-corrected chi connectivity index (χ0v) is 6.56. The quantitative estimate of drug-likeness (QED) is 0.704. The van der Waals surface area contributed by atoms with Crippen molar-refractivity contribution < 1.29 is 0 Å². The highest BCUT2D eigenvalue weighted by molar-refractivity contribution is 8.04. The first-order chi connectivity index (χ1) is 3.81. The van der Waals surface area contributed by atoms with Crippen molar-refractivity contribution in [2.24, 2.45) is 5.73 Å². The number of hydrogen-bond acceptors (Lipinski definition) is 2. The summed E-state index contributed by atoms with van der Waals surface area (Å²) in [5.41, 5.74) is 6.52. The van der Waals surface area contributed by atoms with Crippen LogP contribution in [0.5, 0.6) is 0 Å². The number of halogens is 2. The molecule has 0 aliphatic carbocycles. The third-order valence-corrected chi connectivity index (χ3v) is 2.17. The molecule has 0 saturated carbocycles. The second-order valence-electron chi connectivity index (χ2n) is 1.05. The van der Waals surface area contributed by atoms with E-state index in [1.807, 2.05) is 0 Å². The second-order valence-corrected chi connectivity index (χ2v) is 3.04. The molecule has 0 fully saturated rings. The molecule has 2 N–H and O–H groups in total. The molecule has 0 rings (SSSR count). The van der Waals surface area contributed by atoms with Crippen molar-refractivity contribution in [2.45, 2.75) is 0 Å². The SMILES string of the molecule is NCCSC(Cl)=CCl. The van der Waals surface area contributed by atoms with Crippen LogP contribution in [0.4, 0.5) is 0 Å². The van der Waals surface area contributed by atoms with E-state index in [9.17, 15) is 0 Å². The molecule has 0 heterocycles. The average molecular weight is 172 g/mol. The highest BCUT2D eigenvalue weighted by Crippen LogP contribution is 2.19. The minimum Gasteiger partial charge on any atom is -0.330 e. The smallest absolute Gasteiger partial charge is 0.0848 e. The van der Waals surface area contributed by atoms with Crippen LogP contribution in [-0.4, -0.2) is 12.3 Å². The molecule has 0 atom stereocenters. The molecule has 0 amide bonds. The van der Waals surface area contributed by atoms with Crippen LogP contribution in [-0.2, 0) is 0 Å². The Bertz CT molecular complexity index is 84.1. The molecule has 0 aliphatic rings. The maximum atomic E-state index is 5.48. The highest BCUT2D eigenvalue weighted by Gasteiger charge is 1.87. The van der Waals surface area contributed by atoms with Crippen molar-refractivity contribution in [3.8, 4) is 0 Å². The first-order valence-corrected chi connectivity index (χ1v) is 3.90. The summed E-state index contributed by atoms with van der Waals surface area (Å²) < 4.78 is 0.595. The molecule has 0 bridgehead atoms. The lowest BCUT2D eigenvalue weighted by molar-refractivity contribution is 1.15.